The summed E-state index contributed by atoms with van der Waals surface area (Å²) in [6.45, 7) is 9.44. The molecule has 3 aromatic rings. The average molecular weight is 522 g/mol. The van der Waals surface area contributed by atoms with Crippen LogP contribution in [-0.4, -0.2) is 42.4 Å². The first kappa shape index (κ1) is 26.2. The molecule has 0 unspecified atom stereocenters. The van der Waals surface area contributed by atoms with Crippen molar-refractivity contribution >= 4 is 29.1 Å². The van der Waals surface area contributed by atoms with Gasteiger partial charge in [0.2, 0.25) is 0 Å². The Bertz CT molecular complexity index is 1530. The number of aromatic hydroxyl groups is 1. The lowest BCUT2D eigenvalue weighted by molar-refractivity contribution is -0.139. The fourth-order valence-corrected chi connectivity index (χ4v) is 5.54. The first-order valence-corrected chi connectivity index (χ1v) is 13.1. The second-order valence-corrected chi connectivity index (χ2v) is 9.50. The number of phenolic OH excluding ortho intramolecular Hbond substituents is 1. The van der Waals surface area contributed by atoms with E-state index >= 15 is 0 Å². The number of aromatic nitrogens is 1. The molecule has 0 fully saturated rings. The predicted octanol–water partition coefficient (Wildman–Crippen LogP) is 3.36. The largest absolute Gasteiger partial charge is 0.507 e. The smallest absolute Gasteiger partial charge is 0.338 e. The fraction of sp³-hybridized carbons (Fsp3) is 0.321. The molecule has 0 saturated carbocycles. The van der Waals surface area contributed by atoms with Gasteiger partial charge >= 0.3 is 5.97 Å². The van der Waals surface area contributed by atoms with Crippen LogP contribution in [0.4, 0.5) is 5.69 Å². The van der Waals surface area contributed by atoms with Gasteiger partial charge in [-0.2, -0.15) is 0 Å². The van der Waals surface area contributed by atoms with E-state index in [4.69, 9.17) is 9.47 Å². The number of methoxy groups -OCH3 is 1. The lowest BCUT2D eigenvalue weighted by Crippen LogP contribution is -2.39. The zero-order chi connectivity index (χ0) is 26.7. The standard InChI is InChI=1S/C28H31N3O5S/c1-6-30(7-2)20-13-12-18(22(32)16-20)15-23-26(33)31-25(19-10-9-11-21(14-19)35-5)24(27(34)36-8-3)17(4)29-28(31)37-23/h9-16,25,32H,6-8H2,1-5H3/t25-/m0/s1. The Morgan fingerprint density at radius 3 is 2.59 bits per heavy atom. The van der Waals surface area contributed by atoms with Crippen molar-refractivity contribution < 1.29 is 19.4 Å². The van der Waals surface area contributed by atoms with Gasteiger partial charge in [0.05, 0.1) is 35.6 Å². The maximum Gasteiger partial charge on any atom is 0.338 e. The third-order valence-electron chi connectivity index (χ3n) is 6.36. The average Bonchev–Trinajstić information content (AvgIpc) is 3.19. The number of hydrogen-bond donors (Lipinski definition) is 1. The van der Waals surface area contributed by atoms with Gasteiger partial charge in [-0.3, -0.25) is 9.36 Å². The molecule has 0 bridgehead atoms. The number of rotatable bonds is 8. The summed E-state index contributed by atoms with van der Waals surface area (Å²) >= 11 is 1.21. The molecule has 2 heterocycles. The Kier molecular flexibility index (Phi) is 7.83. The number of allylic oxidation sites excluding steroid dienone is 1. The number of carbonyl (C=O) groups is 1. The minimum Gasteiger partial charge on any atom is -0.507 e. The van der Waals surface area contributed by atoms with Gasteiger partial charge in [0.15, 0.2) is 4.80 Å². The second kappa shape index (κ2) is 11.0. The van der Waals surface area contributed by atoms with Crippen molar-refractivity contribution in [3.63, 3.8) is 0 Å². The van der Waals surface area contributed by atoms with Gasteiger partial charge in [-0.25, -0.2) is 9.79 Å². The van der Waals surface area contributed by atoms with Crippen LogP contribution in [0.1, 0.15) is 44.9 Å². The molecule has 1 aliphatic heterocycles. The zero-order valence-electron chi connectivity index (χ0n) is 21.6. The van der Waals surface area contributed by atoms with E-state index in [1.807, 2.05) is 18.2 Å². The summed E-state index contributed by atoms with van der Waals surface area (Å²) < 4.78 is 12.7. The van der Waals surface area contributed by atoms with E-state index in [0.29, 0.717) is 37.5 Å². The minimum absolute atomic E-state index is 0.0861. The number of hydrogen-bond acceptors (Lipinski definition) is 8. The molecule has 194 valence electrons. The number of esters is 1. The van der Waals surface area contributed by atoms with E-state index in [1.165, 1.54) is 15.9 Å². The van der Waals surface area contributed by atoms with Gasteiger partial charge < -0.3 is 19.5 Å². The van der Waals surface area contributed by atoms with Crippen molar-refractivity contribution in [3.8, 4) is 11.5 Å². The molecule has 37 heavy (non-hydrogen) atoms. The number of anilines is 1. The van der Waals surface area contributed by atoms with Crippen LogP contribution in [0.15, 0.2) is 63.5 Å². The first-order chi connectivity index (χ1) is 17.8. The van der Waals surface area contributed by atoms with Crippen molar-refractivity contribution in [2.75, 3.05) is 31.7 Å². The van der Waals surface area contributed by atoms with Gasteiger partial charge in [0, 0.05) is 30.4 Å². The summed E-state index contributed by atoms with van der Waals surface area (Å²) in [7, 11) is 1.57. The van der Waals surface area contributed by atoms with E-state index in [-0.39, 0.29) is 17.9 Å². The predicted molar refractivity (Wildman–Crippen MR) is 145 cm³/mol. The zero-order valence-corrected chi connectivity index (χ0v) is 22.5. The highest BCUT2D eigenvalue weighted by Crippen LogP contribution is 2.32. The topological polar surface area (TPSA) is 93.4 Å². The highest BCUT2D eigenvalue weighted by atomic mass is 32.1. The summed E-state index contributed by atoms with van der Waals surface area (Å²) in [5.74, 6) is 0.175. The number of thiazole rings is 1. The van der Waals surface area contributed by atoms with Gasteiger partial charge in [-0.15, -0.1) is 0 Å². The van der Waals surface area contributed by atoms with E-state index in [1.54, 1.807) is 51.3 Å². The quantitative estimate of drug-likeness (QED) is 0.457. The van der Waals surface area contributed by atoms with Gasteiger partial charge in [0.25, 0.3) is 5.56 Å². The van der Waals surface area contributed by atoms with Crippen LogP contribution in [0, 0.1) is 0 Å². The molecule has 0 aliphatic carbocycles. The van der Waals surface area contributed by atoms with Crippen LogP contribution in [0.25, 0.3) is 6.08 Å². The van der Waals surface area contributed by atoms with Crippen molar-refractivity contribution in [2.45, 2.75) is 33.7 Å². The molecule has 4 rings (SSSR count). The lowest BCUT2D eigenvalue weighted by atomic mass is 9.95. The number of phenols is 1. The number of nitrogens with zero attached hydrogens (tertiary/aromatic N) is 3. The Morgan fingerprint density at radius 2 is 1.95 bits per heavy atom. The van der Waals surface area contributed by atoms with Gasteiger partial charge in [-0.1, -0.05) is 23.5 Å². The van der Waals surface area contributed by atoms with Crippen LogP contribution >= 0.6 is 11.3 Å². The van der Waals surface area contributed by atoms with Crippen molar-refractivity contribution in [1.29, 1.82) is 0 Å². The third kappa shape index (κ3) is 5.04. The molecule has 1 N–H and O–H groups in total. The molecule has 1 aliphatic rings. The van der Waals surface area contributed by atoms with Crippen molar-refractivity contribution in [2.24, 2.45) is 4.99 Å². The first-order valence-electron chi connectivity index (χ1n) is 12.2. The number of carbonyl (C=O) groups excluding carboxylic acids is 1. The second-order valence-electron chi connectivity index (χ2n) is 8.49. The van der Waals surface area contributed by atoms with Crippen LogP contribution in [0.3, 0.4) is 0 Å². The van der Waals surface area contributed by atoms with Crippen LogP contribution in [0.5, 0.6) is 11.5 Å². The normalized spacial score (nSPS) is 15.3. The number of fused-ring (bicyclic) bond motifs is 1. The van der Waals surface area contributed by atoms with Crippen LogP contribution < -0.4 is 24.5 Å². The molecular formula is C28H31N3O5S. The number of ether oxygens (including phenoxy) is 2. The van der Waals surface area contributed by atoms with Crippen LogP contribution in [0.2, 0.25) is 0 Å². The van der Waals surface area contributed by atoms with Gasteiger partial charge in [0.1, 0.15) is 11.5 Å². The SMILES string of the molecule is CCOC(=O)C1=C(C)N=c2sc(=Cc3ccc(N(CC)CC)cc3O)c(=O)n2[C@H]1c1cccc(OC)c1. The van der Waals surface area contributed by atoms with Gasteiger partial charge in [-0.05, 0) is 63.6 Å². The maximum atomic E-state index is 13.8. The molecule has 0 spiro atoms. The van der Waals surface area contributed by atoms with E-state index < -0.39 is 12.0 Å². The molecule has 0 radical (unpaired) electrons. The maximum absolute atomic E-state index is 13.8. The fourth-order valence-electron chi connectivity index (χ4n) is 4.50. The molecule has 1 atom stereocenters. The highest BCUT2D eigenvalue weighted by Gasteiger charge is 2.33. The molecule has 9 heteroatoms. The Hall–Kier alpha value is -3.85. The number of benzene rings is 2. The third-order valence-corrected chi connectivity index (χ3v) is 7.34. The summed E-state index contributed by atoms with van der Waals surface area (Å²) in [6.07, 6.45) is 1.66. The van der Waals surface area contributed by atoms with E-state index in [9.17, 15) is 14.7 Å². The monoisotopic (exact) mass is 521 g/mol. The van der Waals surface area contributed by atoms with E-state index in [0.717, 1.165) is 18.8 Å². The van der Waals surface area contributed by atoms with E-state index in [2.05, 4.69) is 23.7 Å². The summed E-state index contributed by atoms with van der Waals surface area (Å²) in [5, 5.41) is 10.7. The van der Waals surface area contributed by atoms with Crippen molar-refractivity contribution in [3.05, 3.63) is 84.5 Å². The molecule has 2 aromatic carbocycles. The van der Waals surface area contributed by atoms with Crippen molar-refractivity contribution in [1.82, 2.24) is 4.57 Å². The lowest BCUT2D eigenvalue weighted by Gasteiger charge is -2.25. The summed E-state index contributed by atoms with van der Waals surface area (Å²) in [6, 6.07) is 12.0. The molecule has 8 nitrogen and oxygen atoms in total. The minimum atomic E-state index is -0.730. The summed E-state index contributed by atoms with van der Waals surface area (Å²) in [5.41, 5.74) is 2.63. The molecular weight excluding hydrogens is 490 g/mol. The van der Waals surface area contributed by atoms with Crippen LogP contribution in [-0.2, 0) is 9.53 Å². The molecule has 1 aromatic heterocycles. The Morgan fingerprint density at radius 1 is 1.19 bits per heavy atom. The molecule has 0 amide bonds. The molecule has 0 saturated heterocycles. The Balaban J connectivity index is 1.90. The summed E-state index contributed by atoms with van der Waals surface area (Å²) in [4.78, 5) is 34.0. The Labute approximate surface area is 219 Å². The highest BCUT2D eigenvalue weighted by molar-refractivity contribution is 7.07.